The highest BCUT2D eigenvalue weighted by molar-refractivity contribution is 6.11. The second-order valence-corrected chi connectivity index (χ2v) is 5.58. The molecule has 4 nitrogen and oxygen atoms in total. The van der Waals surface area contributed by atoms with Gasteiger partial charge in [-0.3, -0.25) is 0 Å². The summed E-state index contributed by atoms with van der Waals surface area (Å²) in [6.07, 6.45) is 1.90. The van der Waals surface area contributed by atoms with Crippen molar-refractivity contribution in [3.05, 3.63) is 72.4 Å². The van der Waals surface area contributed by atoms with E-state index in [-0.39, 0.29) is 0 Å². The predicted molar refractivity (Wildman–Crippen MR) is 99.2 cm³/mol. The molecule has 118 valence electrons. The normalized spacial score (nSPS) is 12.0. The molecule has 3 N–H and O–H groups in total. The van der Waals surface area contributed by atoms with Gasteiger partial charge < -0.3 is 15.5 Å². The van der Waals surface area contributed by atoms with E-state index in [0.717, 1.165) is 38.7 Å². The number of nitrogens with two attached hydrogens (primary N) is 1. The van der Waals surface area contributed by atoms with Crippen LogP contribution in [0.4, 0.5) is 5.69 Å². The summed E-state index contributed by atoms with van der Waals surface area (Å²) >= 11 is 0. The van der Waals surface area contributed by atoms with E-state index in [4.69, 9.17) is 10.5 Å². The number of ether oxygens (including phenoxy) is 1. The van der Waals surface area contributed by atoms with Gasteiger partial charge in [0.2, 0.25) is 0 Å². The van der Waals surface area contributed by atoms with E-state index in [0.29, 0.717) is 5.84 Å². The first-order chi connectivity index (χ1) is 11.8. The maximum Gasteiger partial charge on any atom is 0.133 e. The van der Waals surface area contributed by atoms with Crippen molar-refractivity contribution in [3.63, 3.8) is 0 Å². The number of hydrogen-bond donors (Lipinski definition) is 2. The molecule has 4 heteroatoms. The number of nitrogens with zero attached hydrogens (tertiary/aromatic N) is 1. The Kier molecular flexibility index (Phi) is 3.43. The quantitative estimate of drug-likeness (QED) is 0.435. The number of fused-ring (bicyclic) bond motifs is 2. The smallest absolute Gasteiger partial charge is 0.133 e. The maximum atomic E-state index is 6.30. The van der Waals surface area contributed by atoms with E-state index in [1.807, 2.05) is 66.9 Å². The average molecular weight is 315 g/mol. The number of rotatable bonds is 3. The van der Waals surface area contributed by atoms with Crippen LogP contribution in [0.3, 0.4) is 0 Å². The second kappa shape index (κ2) is 5.74. The average Bonchev–Trinajstić information content (AvgIpc) is 3.05. The Morgan fingerprint density at radius 3 is 2.54 bits per heavy atom. The van der Waals surface area contributed by atoms with Crippen LogP contribution >= 0.6 is 0 Å². The molecule has 0 fully saturated rings. The lowest BCUT2D eigenvalue weighted by atomic mass is 10.1. The molecule has 4 aromatic rings. The predicted octanol–water partition coefficient (Wildman–Crippen LogP) is 4.37. The highest BCUT2D eigenvalue weighted by atomic mass is 16.5. The van der Waals surface area contributed by atoms with Crippen molar-refractivity contribution in [2.24, 2.45) is 10.7 Å². The number of hydrogen-bond acceptors (Lipinski definition) is 2. The van der Waals surface area contributed by atoms with Gasteiger partial charge in [0.15, 0.2) is 0 Å². The molecule has 0 saturated carbocycles. The molecule has 0 atom stereocenters. The number of methoxy groups -OCH3 is 1. The topological polar surface area (TPSA) is 63.4 Å². The van der Waals surface area contributed by atoms with Crippen LogP contribution in [-0.4, -0.2) is 17.9 Å². The van der Waals surface area contributed by atoms with Gasteiger partial charge in [-0.15, -0.1) is 0 Å². The Labute approximate surface area is 139 Å². The van der Waals surface area contributed by atoms with Gasteiger partial charge in [0.05, 0.1) is 12.8 Å². The number of nitrogens with one attached hydrogen (secondary N) is 1. The van der Waals surface area contributed by atoms with Crippen LogP contribution in [0, 0.1) is 0 Å². The molecule has 0 aliphatic heterocycles. The van der Waals surface area contributed by atoms with E-state index in [9.17, 15) is 0 Å². The Hall–Kier alpha value is -3.27. The summed E-state index contributed by atoms with van der Waals surface area (Å²) in [4.78, 5) is 7.90. The summed E-state index contributed by atoms with van der Waals surface area (Å²) in [5.74, 6) is 1.32. The molecule has 0 unspecified atom stereocenters. The van der Waals surface area contributed by atoms with Gasteiger partial charge in [-0.2, -0.15) is 0 Å². The van der Waals surface area contributed by atoms with Crippen molar-refractivity contribution in [2.45, 2.75) is 0 Å². The van der Waals surface area contributed by atoms with Crippen molar-refractivity contribution in [1.82, 2.24) is 4.98 Å². The number of aliphatic imine (C=N–C) groups is 1. The molecular formula is C20H17N3O. The van der Waals surface area contributed by atoms with E-state index in [1.165, 1.54) is 0 Å². The summed E-state index contributed by atoms with van der Waals surface area (Å²) in [5, 5.41) is 3.10. The van der Waals surface area contributed by atoms with Crippen LogP contribution in [0.1, 0.15) is 5.56 Å². The lowest BCUT2D eigenvalue weighted by molar-refractivity contribution is 0.420. The molecular weight excluding hydrogens is 298 g/mol. The van der Waals surface area contributed by atoms with Crippen molar-refractivity contribution in [2.75, 3.05) is 7.11 Å². The Morgan fingerprint density at radius 2 is 1.67 bits per heavy atom. The molecule has 4 rings (SSSR count). The van der Waals surface area contributed by atoms with Crippen molar-refractivity contribution in [3.8, 4) is 5.75 Å². The van der Waals surface area contributed by atoms with Crippen LogP contribution in [0.2, 0.25) is 0 Å². The molecule has 0 spiro atoms. The van der Waals surface area contributed by atoms with Crippen LogP contribution in [0.25, 0.3) is 21.7 Å². The van der Waals surface area contributed by atoms with E-state index in [1.54, 1.807) is 7.11 Å². The largest absolute Gasteiger partial charge is 0.496 e. The van der Waals surface area contributed by atoms with Gasteiger partial charge in [0, 0.05) is 33.4 Å². The van der Waals surface area contributed by atoms with E-state index < -0.39 is 0 Å². The zero-order valence-corrected chi connectivity index (χ0v) is 13.3. The molecule has 0 saturated heterocycles. The first-order valence-corrected chi connectivity index (χ1v) is 7.74. The van der Waals surface area contributed by atoms with Gasteiger partial charge in [0.1, 0.15) is 11.6 Å². The SMILES string of the molecule is COc1cccc2c(N=C(N)c3c[nH]c4ccccc34)cccc12. The molecule has 3 aromatic carbocycles. The van der Waals surface area contributed by atoms with Crippen LogP contribution in [-0.2, 0) is 0 Å². The minimum atomic E-state index is 0.489. The van der Waals surface area contributed by atoms with Gasteiger partial charge in [-0.25, -0.2) is 4.99 Å². The fourth-order valence-electron chi connectivity index (χ4n) is 3.01. The monoisotopic (exact) mass is 315 g/mol. The number of amidine groups is 1. The number of para-hydroxylation sites is 1. The van der Waals surface area contributed by atoms with Crippen molar-refractivity contribution >= 4 is 33.2 Å². The van der Waals surface area contributed by atoms with Gasteiger partial charge in [0.25, 0.3) is 0 Å². The third-order valence-electron chi connectivity index (χ3n) is 4.19. The highest BCUT2D eigenvalue weighted by Crippen LogP contribution is 2.32. The zero-order valence-electron chi connectivity index (χ0n) is 13.3. The third kappa shape index (κ3) is 2.29. The fourth-order valence-corrected chi connectivity index (χ4v) is 3.01. The van der Waals surface area contributed by atoms with Gasteiger partial charge >= 0.3 is 0 Å². The minimum Gasteiger partial charge on any atom is -0.496 e. The summed E-state index contributed by atoms with van der Waals surface area (Å²) in [6, 6.07) is 19.9. The first kappa shape index (κ1) is 14.3. The number of aromatic nitrogens is 1. The molecule has 0 amide bonds. The third-order valence-corrected chi connectivity index (χ3v) is 4.19. The first-order valence-electron chi connectivity index (χ1n) is 7.74. The standard InChI is InChI=1S/C20H17N3O/c1-24-19-11-5-7-13-15(19)8-4-10-18(13)23-20(21)16-12-22-17-9-3-2-6-14(16)17/h2-12,22H,1H3,(H2,21,23). The Bertz CT molecular complexity index is 1060. The molecule has 24 heavy (non-hydrogen) atoms. The maximum absolute atomic E-state index is 6.30. The van der Waals surface area contributed by atoms with Crippen molar-refractivity contribution < 1.29 is 4.74 Å². The fraction of sp³-hybridized carbons (Fsp3) is 0.0500. The lowest BCUT2D eigenvalue weighted by Crippen LogP contribution is -2.12. The Balaban J connectivity index is 1.87. The summed E-state index contributed by atoms with van der Waals surface area (Å²) in [5.41, 5.74) is 9.08. The summed E-state index contributed by atoms with van der Waals surface area (Å²) in [6.45, 7) is 0. The zero-order chi connectivity index (χ0) is 16.5. The molecule has 0 radical (unpaired) electrons. The number of aromatic amines is 1. The summed E-state index contributed by atoms with van der Waals surface area (Å²) < 4.78 is 5.43. The van der Waals surface area contributed by atoms with Gasteiger partial charge in [-0.05, 0) is 18.2 Å². The lowest BCUT2D eigenvalue weighted by Gasteiger charge is -2.07. The molecule has 1 aromatic heterocycles. The molecule has 1 heterocycles. The van der Waals surface area contributed by atoms with E-state index in [2.05, 4.69) is 9.98 Å². The van der Waals surface area contributed by atoms with Crippen LogP contribution in [0.15, 0.2) is 71.9 Å². The van der Waals surface area contributed by atoms with Crippen LogP contribution < -0.4 is 10.5 Å². The van der Waals surface area contributed by atoms with Crippen molar-refractivity contribution in [1.29, 1.82) is 0 Å². The second-order valence-electron chi connectivity index (χ2n) is 5.58. The molecule has 0 aliphatic carbocycles. The van der Waals surface area contributed by atoms with E-state index >= 15 is 0 Å². The number of benzene rings is 3. The molecule has 0 bridgehead atoms. The number of H-pyrrole nitrogens is 1. The highest BCUT2D eigenvalue weighted by Gasteiger charge is 2.09. The van der Waals surface area contributed by atoms with Crippen LogP contribution in [0.5, 0.6) is 5.75 Å². The minimum absolute atomic E-state index is 0.489. The Morgan fingerprint density at radius 1 is 0.917 bits per heavy atom. The molecule has 0 aliphatic rings. The summed E-state index contributed by atoms with van der Waals surface area (Å²) in [7, 11) is 1.67. The van der Waals surface area contributed by atoms with Gasteiger partial charge in [-0.1, -0.05) is 42.5 Å².